The molecule has 2 fully saturated rings. The van der Waals surface area contributed by atoms with Gasteiger partial charge in [0.2, 0.25) is 0 Å². The van der Waals surface area contributed by atoms with Crippen molar-refractivity contribution in [3.8, 4) is 0 Å². The van der Waals surface area contributed by atoms with E-state index in [0.29, 0.717) is 11.8 Å². The number of ether oxygens (including phenoxy) is 1. The van der Waals surface area contributed by atoms with Crippen molar-refractivity contribution in [3.63, 3.8) is 0 Å². The highest BCUT2D eigenvalue weighted by molar-refractivity contribution is 5.07. The highest BCUT2D eigenvalue weighted by Crippen LogP contribution is 2.56. The summed E-state index contributed by atoms with van der Waals surface area (Å²) >= 11 is 0. The van der Waals surface area contributed by atoms with Crippen LogP contribution in [0.2, 0.25) is 0 Å². The maximum absolute atomic E-state index is 9.44. The second-order valence-corrected chi connectivity index (χ2v) is 5.35. The van der Waals surface area contributed by atoms with E-state index in [1.807, 2.05) is 0 Å². The molecule has 1 aliphatic heterocycles. The van der Waals surface area contributed by atoms with Crippen LogP contribution in [-0.2, 0) is 4.74 Å². The van der Waals surface area contributed by atoms with Crippen LogP contribution >= 0.6 is 0 Å². The van der Waals surface area contributed by atoms with E-state index in [1.165, 1.54) is 6.42 Å². The van der Waals surface area contributed by atoms with Gasteiger partial charge in [-0.25, -0.2) is 0 Å². The van der Waals surface area contributed by atoms with Gasteiger partial charge in [0.1, 0.15) is 0 Å². The van der Waals surface area contributed by atoms with Gasteiger partial charge in [-0.1, -0.05) is 20.8 Å². The van der Waals surface area contributed by atoms with E-state index in [0.717, 1.165) is 13.0 Å². The van der Waals surface area contributed by atoms with E-state index in [9.17, 15) is 5.11 Å². The monoisotopic (exact) mass is 184 g/mol. The molecular formula is C11H20O2. The third-order valence-corrected chi connectivity index (χ3v) is 4.50. The molecular weight excluding hydrogens is 164 g/mol. The second kappa shape index (κ2) is 2.71. The molecule has 2 heteroatoms. The zero-order chi connectivity index (χ0) is 9.69. The standard InChI is InChI=1S/C11H20O2/c1-8-4-5-11(7-13-11)9(6-12)10(8,2)3/h8-9,12H,4-7H2,1-3H3/t8-,9+,11-/m0/s1. The van der Waals surface area contributed by atoms with Gasteiger partial charge in [-0.3, -0.25) is 0 Å². The van der Waals surface area contributed by atoms with Gasteiger partial charge in [-0.2, -0.15) is 0 Å². The predicted octanol–water partition coefficient (Wildman–Crippen LogP) is 1.82. The molecule has 1 spiro atoms. The van der Waals surface area contributed by atoms with Crippen molar-refractivity contribution in [2.45, 2.75) is 39.2 Å². The summed E-state index contributed by atoms with van der Waals surface area (Å²) in [6, 6.07) is 0. The molecule has 76 valence electrons. The fourth-order valence-electron chi connectivity index (χ4n) is 2.87. The van der Waals surface area contributed by atoms with Gasteiger partial charge in [0.05, 0.1) is 12.2 Å². The second-order valence-electron chi connectivity index (χ2n) is 5.35. The SMILES string of the molecule is C[C@H]1CC[C@]2(CO2)[C@H](CO)C1(C)C. The Morgan fingerprint density at radius 1 is 1.46 bits per heavy atom. The Hall–Kier alpha value is -0.0800. The van der Waals surface area contributed by atoms with Crippen LogP contribution in [0.25, 0.3) is 0 Å². The first-order chi connectivity index (χ1) is 6.03. The third-order valence-electron chi connectivity index (χ3n) is 4.50. The Bertz CT molecular complexity index is 206. The molecule has 0 aromatic rings. The highest BCUT2D eigenvalue weighted by Gasteiger charge is 2.59. The Kier molecular flexibility index (Phi) is 1.97. The number of rotatable bonds is 1. The lowest BCUT2D eigenvalue weighted by Crippen LogP contribution is -2.47. The summed E-state index contributed by atoms with van der Waals surface area (Å²) < 4.78 is 5.56. The zero-order valence-electron chi connectivity index (χ0n) is 8.84. The molecule has 0 aromatic heterocycles. The number of aliphatic hydroxyl groups excluding tert-OH is 1. The molecule has 13 heavy (non-hydrogen) atoms. The van der Waals surface area contributed by atoms with Crippen LogP contribution in [0.4, 0.5) is 0 Å². The molecule has 0 amide bonds. The minimum Gasteiger partial charge on any atom is -0.396 e. The Morgan fingerprint density at radius 2 is 2.08 bits per heavy atom. The molecule has 1 saturated heterocycles. The summed E-state index contributed by atoms with van der Waals surface area (Å²) in [4.78, 5) is 0. The largest absolute Gasteiger partial charge is 0.396 e. The molecule has 0 unspecified atom stereocenters. The third kappa shape index (κ3) is 1.23. The zero-order valence-corrected chi connectivity index (χ0v) is 8.84. The van der Waals surface area contributed by atoms with E-state index in [1.54, 1.807) is 0 Å². The van der Waals surface area contributed by atoms with E-state index < -0.39 is 0 Å². The van der Waals surface area contributed by atoms with Crippen molar-refractivity contribution in [1.29, 1.82) is 0 Å². The first kappa shape index (κ1) is 9.47. The molecule has 1 saturated carbocycles. The van der Waals surface area contributed by atoms with Gasteiger partial charge in [0, 0.05) is 12.5 Å². The average molecular weight is 184 g/mol. The van der Waals surface area contributed by atoms with Crippen LogP contribution in [-0.4, -0.2) is 23.9 Å². The van der Waals surface area contributed by atoms with Gasteiger partial charge in [-0.15, -0.1) is 0 Å². The van der Waals surface area contributed by atoms with Crippen LogP contribution in [0, 0.1) is 17.3 Å². The summed E-state index contributed by atoms with van der Waals surface area (Å²) in [5.74, 6) is 1.03. The summed E-state index contributed by atoms with van der Waals surface area (Å²) in [7, 11) is 0. The number of epoxide rings is 1. The lowest BCUT2D eigenvalue weighted by atomic mass is 9.59. The quantitative estimate of drug-likeness (QED) is 0.630. The fraction of sp³-hybridized carbons (Fsp3) is 1.00. The molecule has 0 radical (unpaired) electrons. The van der Waals surface area contributed by atoms with Gasteiger partial charge >= 0.3 is 0 Å². The van der Waals surface area contributed by atoms with E-state index in [-0.39, 0.29) is 17.6 Å². The summed E-state index contributed by atoms with van der Waals surface area (Å²) in [5.41, 5.74) is 0.286. The van der Waals surface area contributed by atoms with Crippen LogP contribution in [0.1, 0.15) is 33.6 Å². The van der Waals surface area contributed by atoms with Crippen molar-refractivity contribution in [2.24, 2.45) is 17.3 Å². The Labute approximate surface area is 80.3 Å². The number of hydrogen-bond donors (Lipinski definition) is 1. The summed E-state index contributed by atoms with van der Waals surface area (Å²) in [6.45, 7) is 7.96. The van der Waals surface area contributed by atoms with E-state index in [2.05, 4.69) is 20.8 Å². The summed E-state index contributed by atoms with van der Waals surface area (Å²) in [5, 5.41) is 9.44. The van der Waals surface area contributed by atoms with Gasteiger partial charge in [-0.05, 0) is 24.2 Å². The van der Waals surface area contributed by atoms with Gasteiger partial charge < -0.3 is 9.84 Å². The maximum Gasteiger partial charge on any atom is 0.0971 e. The van der Waals surface area contributed by atoms with E-state index >= 15 is 0 Å². The number of aliphatic hydroxyl groups is 1. The normalized spacial score (nSPS) is 48.0. The molecule has 1 N–H and O–H groups in total. The molecule has 3 atom stereocenters. The van der Waals surface area contributed by atoms with Crippen molar-refractivity contribution in [2.75, 3.05) is 13.2 Å². The first-order valence-corrected chi connectivity index (χ1v) is 5.28. The van der Waals surface area contributed by atoms with Crippen molar-refractivity contribution in [1.82, 2.24) is 0 Å². The summed E-state index contributed by atoms with van der Waals surface area (Å²) in [6.07, 6.45) is 2.38. The highest BCUT2D eigenvalue weighted by atomic mass is 16.6. The average Bonchev–Trinajstić information content (AvgIpc) is 2.80. The molecule has 2 aliphatic rings. The van der Waals surface area contributed by atoms with Crippen molar-refractivity contribution >= 4 is 0 Å². The smallest absolute Gasteiger partial charge is 0.0971 e. The fourth-order valence-corrected chi connectivity index (χ4v) is 2.87. The Morgan fingerprint density at radius 3 is 2.54 bits per heavy atom. The molecule has 2 rings (SSSR count). The molecule has 0 aromatic carbocycles. The molecule has 0 bridgehead atoms. The maximum atomic E-state index is 9.44. The topological polar surface area (TPSA) is 32.8 Å². The molecule has 2 nitrogen and oxygen atoms in total. The first-order valence-electron chi connectivity index (χ1n) is 5.28. The lowest BCUT2D eigenvalue weighted by molar-refractivity contribution is -0.0318. The van der Waals surface area contributed by atoms with Crippen LogP contribution in [0.5, 0.6) is 0 Å². The molecule has 1 heterocycles. The minimum absolute atomic E-state index is 0.0603. The van der Waals surface area contributed by atoms with Crippen LogP contribution in [0.15, 0.2) is 0 Å². The van der Waals surface area contributed by atoms with Gasteiger partial charge in [0.15, 0.2) is 0 Å². The van der Waals surface area contributed by atoms with Crippen molar-refractivity contribution < 1.29 is 9.84 Å². The Balaban J connectivity index is 2.22. The number of hydrogen-bond acceptors (Lipinski definition) is 2. The predicted molar refractivity (Wildman–Crippen MR) is 51.4 cm³/mol. The lowest BCUT2D eigenvalue weighted by Gasteiger charge is -2.46. The minimum atomic E-state index is 0.0603. The van der Waals surface area contributed by atoms with E-state index in [4.69, 9.17) is 4.74 Å². The van der Waals surface area contributed by atoms with Gasteiger partial charge in [0.25, 0.3) is 0 Å². The van der Waals surface area contributed by atoms with Crippen LogP contribution in [0.3, 0.4) is 0 Å². The van der Waals surface area contributed by atoms with Crippen molar-refractivity contribution in [3.05, 3.63) is 0 Å². The molecule has 1 aliphatic carbocycles. The van der Waals surface area contributed by atoms with Crippen LogP contribution < -0.4 is 0 Å².